The smallest absolute Gasteiger partial charge is 0.312 e. The van der Waals surface area contributed by atoms with Gasteiger partial charge in [-0.05, 0) is 6.07 Å². The third-order valence-corrected chi connectivity index (χ3v) is 4.71. The van der Waals surface area contributed by atoms with E-state index in [1.807, 2.05) is 0 Å². The van der Waals surface area contributed by atoms with Gasteiger partial charge >= 0.3 is 6.18 Å². The summed E-state index contributed by atoms with van der Waals surface area (Å²) in [6.07, 6.45) is -1.01. The lowest BCUT2D eigenvalue weighted by Gasteiger charge is -2.06. The van der Waals surface area contributed by atoms with E-state index in [1.165, 1.54) is 17.1 Å². The summed E-state index contributed by atoms with van der Waals surface area (Å²) in [6, 6.07) is 0.937. The van der Waals surface area contributed by atoms with Gasteiger partial charge in [-0.3, -0.25) is 4.21 Å². The van der Waals surface area contributed by atoms with Crippen molar-refractivity contribution in [3.63, 3.8) is 0 Å². The first-order valence-electron chi connectivity index (χ1n) is 6.91. The molecule has 0 fully saturated rings. The van der Waals surface area contributed by atoms with Gasteiger partial charge in [-0.2, -0.15) is 13.2 Å². The Kier molecular flexibility index (Phi) is 4.08. The molecular weight excluding hydrogens is 343 g/mol. The van der Waals surface area contributed by atoms with Crippen molar-refractivity contribution in [2.75, 3.05) is 5.75 Å². The highest BCUT2D eigenvalue weighted by Gasteiger charge is 2.32. The third-order valence-electron chi connectivity index (χ3n) is 3.43. The minimum absolute atomic E-state index is 0.0967. The van der Waals surface area contributed by atoms with Crippen molar-refractivity contribution in [2.24, 2.45) is 7.05 Å². The summed E-state index contributed by atoms with van der Waals surface area (Å²) < 4.78 is 52.2. The van der Waals surface area contributed by atoms with Crippen LogP contribution in [0.15, 0.2) is 29.8 Å². The molecule has 0 saturated carbocycles. The summed E-state index contributed by atoms with van der Waals surface area (Å²) in [6.45, 7) is 1.74. The van der Waals surface area contributed by atoms with E-state index < -0.39 is 22.5 Å². The molecule has 0 bridgehead atoms. The molecule has 0 aliphatic carbocycles. The summed E-state index contributed by atoms with van der Waals surface area (Å²) in [4.78, 5) is 16.0. The minimum atomic E-state index is -4.50. The normalized spacial score (nSPS) is 13.4. The van der Waals surface area contributed by atoms with Crippen LogP contribution in [0.3, 0.4) is 0 Å². The number of aromatic nitrogens is 5. The molecule has 0 spiro atoms. The maximum Gasteiger partial charge on any atom is 0.417 e. The minimum Gasteiger partial charge on any atom is -0.312 e. The number of rotatable bonds is 3. The topological polar surface area (TPSA) is 73.6 Å². The SMILES string of the molecule is CCS(=O)c1ncncc1-c1nc2cc(C(F)(F)F)cnc2n1C. The molecular formula is C14H12F3N5OS. The van der Waals surface area contributed by atoms with Crippen molar-refractivity contribution in [1.29, 1.82) is 0 Å². The molecule has 0 aromatic carbocycles. The van der Waals surface area contributed by atoms with Gasteiger partial charge in [0.05, 0.1) is 21.9 Å². The quantitative estimate of drug-likeness (QED) is 0.675. The fraction of sp³-hybridized carbons (Fsp3) is 0.286. The fourth-order valence-electron chi connectivity index (χ4n) is 2.26. The van der Waals surface area contributed by atoms with E-state index in [2.05, 4.69) is 19.9 Å². The molecule has 0 N–H and O–H groups in total. The zero-order valence-corrected chi connectivity index (χ0v) is 13.5. The number of aryl methyl sites for hydroxylation is 1. The van der Waals surface area contributed by atoms with Crippen LogP contribution in [0.1, 0.15) is 12.5 Å². The standard InChI is InChI=1S/C14H12F3N5OS/c1-3-24(23)13-9(6-18-7-20-13)11-21-10-4-8(14(15,16)17)5-19-12(10)22(11)2/h4-7H,3H2,1-2H3. The van der Waals surface area contributed by atoms with E-state index in [-0.39, 0.29) is 11.2 Å². The molecule has 0 aliphatic heterocycles. The Morgan fingerprint density at radius 3 is 2.67 bits per heavy atom. The van der Waals surface area contributed by atoms with Crippen LogP contribution in [0.2, 0.25) is 0 Å². The lowest BCUT2D eigenvalue weighted by molar-refractivity contribution is -0.137. The summed E-state index contributed by atoms with van der Waals surface area (Å²) in [5.74, 6) is 0.666. The lowest BCUT2D eigenvalue weighted by Crippen LogP contribution is -2.05. The maximum atomic E-state index is 12.8. The number of hydrogen-bond donors (Lipinski definition) is 0. The van der Waals surface area contributed by atoms with Gasteiger partial charge in [-0.15, -0.1) is 0 Å². The number of pyridine rings is 1. The Morgan fingerprint density at radius 1 is 1.25 bits per heavy atom. The largest absolute Gasteiger partial charge is 0.417 e. The van der Waals surface area contributed by atoms with E-state index >= 15 is 0 Å². The van der Waals surface area contributed by atoms with Gasteiger partial charge in [0.15, 0.2) is 5.65 Å². The van der Waals surface area contributed by atoms with Gasteiger partial charge in [0.25, 0.3) is 0 Å². The van der Waals surface area contributed by atoms with E-state index in [0.29, 0.717) is 22.2 Å². The van der Waals surface area contributed by atoms with Gasteiger partial charge in [-0.25, -0.2) is 19.9 Å². The van der Waals surface area contributed by atoms with Crippen LogP contribution in [-0.2, 0) is 24.0 Å². The van der Waals surface area contributed by atoms with E-state index in [1.54, 1.807) is 14.0 Å². The Labute approximate surface area is 137 Å². The van der Waals surface area contributed by atoms with E-state index in [0.717, 1.165) is 12.3 Å². The molecule has 3 aromatic heterocycles. The van der Waals surface area contributed by atoms with Crippen LogP contribution >= 0.6 is 0 Å². The average molecular weight is 355 g/mol. The molecule has 126 valence electrons. The number of hydrogen-bond acceptors (Lipinski definition) is 5. The zero-order chi connectivity index (χ0) is 17.5. The van der Waals surface area contributed by atoms with E-state index in [4.69, 9.17) is 0 Å². The van der Waals surface area contributed by atoms with Gasteiger partial charge in [0, 0.05) is 25.2 Å². The van der Waals surface area contributed by atoms with Crippen molar-refractivity contribution >= 4 is 22.0 Å². The zero-order valence-electron chi connectivity index (χ0n) is 12.7. The van der Waals surface area contributed by atoms with Crippen molar-refractivity contribution in [3.05, 3.63) is 30.4 Å². The molecule has 1 unspecified atom stereocenters. The Balaban J connectivity index is 2.22. The number of halogens is 3. The Hall–Kier alpha value is -2.36. The van der Waals surface area contributed by atoms with Crippen LogP contribution in [0.4, 0.5) is 13.2 Å². The molecule has 0 amide bonds. The number of alkyl halides is 3. The molecule has 0 radical (unpaired) electrons. The monoisotopic (exact) mass is 355 g/mol. The first kappa shape index (κ1) is 16.5. The highest BCUT2D eigenvalue weighted by molar-refractivity contribution is 7.85. The maximum absolute atomic E-state index is 12.8. The van der Waals surface area contributed by atoms with Crippen LogP contribution in [0.5, 0.6) is 0 Å². The number of imidazole rings is 1. The molecule has 6 nitrogen and oxygen atoms in total. The second-order valence-corrected chi connectivity index (χ2v) is 6.59. The van der Waals surface area contributed by atoms with Crippen LogP contribution in [-0.4, -0.2) is 34.5 Å². The first-order chi connectivity index (χ1) is 11.3. The van der Waals surface area contributed by atoms with Crippen molar-refractivity contribution in [2.45, 2.75) is 18.1 Å². The lowest BCUT2D eigenvalue weighted by atomic mass is 10.2. The first-order valence-corrected chi connectivity index (χ1v) is 8.23. The molecule has 3 aromatic rings. The molecule has 24 heavy (non-hydrogen) atoms. The van der Waals surface area contributed by atoms with Gasteiger partial charge < -0.3 is 4.57 Å². The predicted molar refractivity (Wildman–Crippen MR) is 81.5 cm³/mol. The summed E-state index contributed by atoms with van der Waals surface area (Å²) in [5.41, 5.74) is -0.0810. The second-order valence-electron chi connectivity index (χ2n) is 4.93. The summed E-state index contributed by atoms with van der Waals surface area (Å²) in [5, 5.41) is 0.293. The highest BCUT2D eigenvalue weighted by atomic mass is 32.2. The Bertz CT molecular complexity index is 938. The molecule has 10 heteroatoms. The van der Waals surface area contributed by atoms with Gasteiger partial charge in [0.1, 0.15) is 22.7 Å². The summed E-state index contributed by atoms with van der Waals surface area (Å²) >= 11 is 0. The third kappa shape index (κ3) is 2.77. The fourth-order valence-corrected chi connectivity index (χ4v) is 3.09. The average Bonchev–Trinajstić information content (AvgIpc) is 2.89. The predicted octanol–water partition coefficient (Wildman–Crippen LogP) is 2.57. The molecule has 0 saturated heterocycles. The van der Waals surface area contributed by atoms with Gasteiger partial charge in [-0.1, -0.05) is 6.92 Å². The Morgan fingerprint density at radius 2 is 2.00 bits per heavy atom. The molecule has 3 heterocycles. The van der Waals surface area contributed by atoms with Crippen molar-refractivity contribution in [1.82, 2.24) is 24.5 Å². The van der Waals surface area contributed by atoms with Crippen LogP contribution < -0.4 is 0 Å². The molecule has 1 atom stereocenters. The highest BCUT2D eigenvalue weighted by Crippen LogP contribution is 2.32. The second kappa shape index (κ2) is 5.93. The van der Waals surface area contributed by atoms with E-state index in [9.17, 15) is 17.4 Å². The van der Waals surface area contributed by atoms with Crippen molar-refractivity contribution < 1.29 is 17.4 Å². The van der Waals surface area contributed by atoms with Crippen molar-refractivity contribution in [3.8, 4) is 11.4 Å². The number of fused-ring (bicyclic) bond motifs is 1. The van der Waals surface area contributed by atoms with Crippen LogP contribution in [0, 0.1) is 0 Å². The number of nitrogens with zero attached hydrogens (tertiary/aromatic N) is 5. The summed E-state index contributed by atoms with van der Waals surface area (Å²) in [7, 11) is 0.266. The van der Waals surface area contributed by atoms with Crippen LogP contribution in [0.25, 0.3) is 22.6 Å². The molecule has 0 aliphatic rings. The molecule has 3 rings (SSSR count). The van der Waals surface area contributed by atoms with Gasteiger partial charge in [0.2, 0.25) is 0 Å².